The summed E-state index contributed by atoms with van der Waals surface area (Å²) in [6.07, 6.45) is 1.86. The molecule has 0 saturated heterocycles. The van der Waals surface area contributed by atoms with E-state index in [0.717, 1.165) is 16.6 Å². The third kappa shape index (κ3) is 4.04. The Morgan fingerprint density at radius 2 is 1.62 bits per heavy atom. The van der Waals surface area contributed by atoms with Crippen molar-refractivity contribution in [2.45, 2.75) is 26.7 Å². The van der Waals surface area contributed by atoms with Crippen molar-refractivity contribution in [2.75, 3.05) is 0 Å². The Bertz CT molecular complexity index is 1150. The maximum atomic E-state index is 13.3. The summed E-state index contributed by atoms with van der Waals surface area (Å²) in [5.41, 5.74) is 5.77. The van der Waals surface area contributed by atoms with E-state index in [1.165, 1.54) is 5.56 Å². The molecular formula is C26H23NO2. The monoisotopic (exact) mass is 381 g/mol. The number of aryl methyl sites for hydroxylation is 1. The van der Waals surface area contributed by atoms with Gasteiger partial charge < -0.3 is 4.42 Å². The van der Waals surface area contributed by atoms with Crippen LogP contribution in [0.5, 0.6) is 0 Å². The molecule has 0 spiro atoms. The predicted octanol–water partition coefficient (Wildman–Crippen LogP) is 6.68. The van der Waals surface area contributed by atoms with Crippen LogP contribution in [0.1, 0.15) is 52.7 Å². The number of fused-ring (bicyclic) bond motifs is 1. The van der Waals surface area contributed by atoms with Crippen LogP contribution in [0.4, 0.5) is 0 Å². The van der Waals surface area contributed by atoms with Crippen LogP contribution in [0, 0.1) is 6.92 Å². The van der Waals surface area contributed by atoms with Gasteiger partial charge in [-0.25, -0.2) is 4.98 Å². The zero-order valence-corrected chi connectivity index (χ0v) is 16.8. The first-order chi connectivity index (χ1) is 14.0. The lowest BCUT2D eigenvalue weighted by Crippen LogP contribution is -2.03. The van der Waals surface area contributed by atoms with E-state index in [0.29, 0.717) is 28.5 Å². The van der Waals surface area contributed by atoms with E-state index >= 15 is 0 Å². The van der Waals surface area contributed by atoms with E-state index < -0.39 is 0 Å². The second-order valence-corrected chi connectivity index (χ2v) is 7.56. The zero-order chi connectivity index (χ0) is 20.4. The van der Waals surface area contributed by atoms with Crippen molar-refractivity contribution in [1.82, 2.24) is 4.98 Å². The number of para-hydroxylation sites is 2. The molecule has 144 valence electrons. The fourth-order valence-electron chi connectivity index (χ4n) is 3.22. The molecule has 0 radical (unpaired) electrons. The average Bonchev–Trinajstić information content (AvgIpc) is 3.16. The molecule has 0 atom stereocenters. The second-order valence-electron chi connectivity index (χ2n) is 7.56. The SMILES string of the molecule is Cc1ccc(C(=O)/C(=C\c2ccc(C(C)C)cc2)c2nc3ccccc3o2)cc1. The van der Waals surface area contributed by atoms with Crippen LogP contribution >= 0.6 is 0 Å². The number of carbonyl (C=O) groups excluding carboxylic acids is 1. The molecule has 0 fully saturated rings. The molecule has 0 bridgehead atoms. The predicted molar refractivity (Wildman–Crippen MR) is 118 cm³/mol. The molecule has 1 heterocycles. The molecule has 3 heteroatoms. The molecule has 0 amide bonds. The van der Waals surface area contributed by atoms with Gasteiger partial charge in [0.05, 0.1) is 5.57 Å². The van der Waals surface area contributed by atoms with E-state index in [1.807, 2.05) is 73.7 Å². The fourth-order valence-corrected chi connectivity index (χ4v) is 3.22. The van der Waals surface area contributed by atoms with Crippen LogP contribution < -0.4 is 0 Å². The van der Waals surface area contributed by atoms with Crippen molar-refractivity contribution in [3.8, 4) is 0 Å². The van der Waals surface area contributed by atoms with E-state index in [-0.39, 0.29) is 5.78 Å². The first-order valence-electron chi connectivity index (χ1n) is 9.80. The summed E-state index contributed by atoms with van der Waals surface area (Å²) in [5.74, 6) is 0.688. The van der Waals surface area contributed by atoms with Crippen LogP contribution in [-0.4, -0.2) is 10.8 Å². The van der Waals surface area contributed by atoms with Gasteiger partial charge in [-0.15, -0.1) is 0 Å². The highest BCUT2D eigenvalue weighted by atomic mass is 16.3. The quantitative estimate of drug-likeness (QED) is 0.286. The highest BCUT2D eigenvalue weighted by molar-refractivity contribution is 6.31. The molecule has 0 unspecified atom stereocenters. The van der Waals surface area contributed by atoms with E-state index in [2.05, 4.69) is 31.0 Å². The lowest BCUT2D eigenvalue weighted by molar-refractivity contribution is 0.105. The Labute approximate surface area is 170 Å². The number of Topliss-reactive ketones (excluding diaryl/α,β-unsaturated/α-hetero) is 1. The molecule has 3 nitrogen and oxygen atoms in total. The highest BCUT2D eigenvalue weighted by Gasteiger charge is 2.20. The minimum absolute atomic E-state index is 0.107. The molecule has 0 N–H and O–H groups in total. The van der Waals surface area contributed by atoms with Crippen LogP contribution in [0.3, 0.4) is 0 Å². The Morgan fingerprint density at radius 3 is 2.28 bits per heavy atom. The van der Waals surface area contributed by atoms with Crippen LogP contribution in [0.25, 0.3) is 22.7 Å². The second kappa shape index (κ2) is 7.88. The zero-order valence-electron chi connectivity index (χ0n) is 16.8. The number of nitrogens with zero attached hydrogens (tertiary/aromatic N) is 1. The third-order valence-electron chi connectivity index (χ3n) is 5.00. The molecule has 1 aromatic heterocycles. The van der Waals surface area contributed by atoms with Gasteiger partial charge in [-0.1, -0.05) is 80.1 Å². The van der Waals surface area contributed by atoms with Crippen molar-refractivity contribution in [3.05, 3.63) is 101 Å². The molecule has 4 rings (SSSR count). The number of hydrogen-bond donors (Lipinski definition) is 0. The van der Waals surface area contributed by atoms with Crippen molar-refractivity contribution < 1.29 is 9.21 Å². The summed E-state index contributed by atoms with van der Waals surface area (Å²) in [6.45, 7) is 6.33. The molecule has 0 aliphatic rings. The van der Waals surface area contributed by atoms with Gasteiger partial charge in [0.15, 0.2) is 11.4 Å². The van der Waals surface area contributed by atoms with Crippen molar-refractivity contribution in [3.63, 3.8) is 0 Å². The standard InChI is InChI=1S/C26H23NO2/c1-17(2)20-14-10-19(11-15-20)16-22(25(28)21-12-8-18(3)9-13-21)26-27-23-6-4-5-7-24(23)29-26/h4-17H,1-3H3/b22-16+. The number of carbonyl (C=O) groups is 1. The summed E-state index contributed by atoms with van der Waals surface area (Å²) < 4.78 is 5.93. The molecular weight excluding hydrogens is 358 g/mol. The van der Waals surface area contributed by atoms with Gasteiger partial charge >= 0.3 is 0 Å². The summed E-state index contributed by atoms with van der Waals surface area (Å²) in [5, 5.41) is 0. The smallest absolute Gasteiger partial charge is 0.231 e. The first kappa shape index (κ1) is 18.9. The van der Waals surface area contributed by atoms with Gasteiger partial charge in [0.25, 0.3) is 0 Å². The Hall–Kier alpha value is -3.46. The van der Waals surface area contributed by atoms with Crippen molar-refractivity contribution >= 4 is 28.5 Å². The van der Waals surface area contributed by atoms with E-state index in [1.54, 1.807) is 0 Å². The van der Waals surface area contributed by atoms with Gasteiger partial charge in [-0.3, -0.25) is 4.79 Å². The fraction of sp³-hybridized carbons (Fsp3) is 0.154. The van der Waals surface area contributed by atoms with Crippen LogP contribution in [0.15, 0.2) is 77.2 Å². The normalized spacial score (nSPS) is 11.9. The van der Waals surface area contributed by atoms with Gasteiger partial charge in [0.1, 0.15) is 5.52 Å². The highest BCUT2D eigenvalue weighted by Crippen LogP contribution is 2.27. The Kier molecular flexibility index (Phi) is 5.13. The summed E-state index contributed by atoms with van der Waals surface area (Å²) in [6, 6.07) is 23.4. The van der Waals surface area contributed by atoms with Crippen LogP contribution in [0.2, 0.25) is 0 Å². The lowest BCUT2D eigenvalue weighted by atomic mass is 9.98. The average molecular weight is 381 g/mol. The number of benzene rings is 3. The van der Waals surface area contributed by atoms with Gasteiger partial charge in [0.2, 0.25) is 5.89 Å². The molecule has 3 aromatic carbocycles. The Morgan fingerprint density at radius 1 is 0.931 bits per heavy atom. The third-order valence-corrected chi connectivity index (χ3v) is 5.00. The summed E-state index contributed by atoms with van der Waals surface area (Å²) >= 11 is 0. The summed E-state index contributed by atoms with van der Waals surface area (Å²) in [4.78, 5) is 17.9. The molecule has 0 aliphatic carbocycles. The molecule has 4 aromatic rings. The number of aromatic nitrogens is 1. The van der Waals surface area contributed by atoms with Crippen LogP contribution in [-0.2, 0) is 0 Å². The number of allylic oxidation sites excluding steroid dienone is 1. The minimum atomic E-state index is -0.107. The van der Waals surface area contributed by atoms with Gasteiger partial charge in [-0.2, -0.15) is 0 Å². The largest absolute Gasteiger partial charge is 0.436 e. The number of hydrogen-bond acceptors (Lipinski definition) is 3. The number of oxazole rings is 1. The van der Waals surface area contributed by atoms with Gasteiger partial charge in [-0.05, 0) is 42.2 Å². The topological polar surface area (TPSA) is 43.1 Å². The maximum Gasteiger partial charge on any atom is 0.231 e. The van der Waals surface area contributed by atoms with E-state index in [4.69, 9.17) is 4.42 Å². The Balaban J connectivity index is 1.81. The van der Waals surface area contributed by atoms with E-state index in [9.17, 15) is 4.79 Å². The number of ketones is 1. The first-order valence-corrected chi connectivity index (χ1v) is 9.80. The molecule has 0 saturated carbocycles. The lowest BCUT2D eigenvalue weighted by Gasteiger charge is -2.07. The van der Waals surface area contributed by atoms with Crippen molar-refractivity contribution in [2.24, 2.45) is 0 Å². The van der Waals surface area contributed by atoms with Crippen molar-refractivity contribution in [1.29, 1.82) is 0 Å². The molecule has 0 aliphatic heterocycles. The number of rotatable bonds is 5. The maximum absolute atomic E-state index is 13.3. The minimum Gasteiger partial charge on any atom is -0.436 e. The van der Waals surface area contributed by atoms with Gasteiger partial charge in [0, 0.05) is 5.56 Å². The molecule has 29 heavy (non-hydrogen) atoms. The summed E-state index contributed by atoms with van der Waals surface area (Å²) in [7, 11) is 0.